The second-order valence-corrected chi connectivity index (χ2v) is 9.18. The van der Waals surface area contributed by atoms with Gasteiger partial charge >= 0.3 is 0 Å². The Balaban J connectivity index is 1.42. The molecule has 32 heavy (non-hydrogen) atoms. The highest BCUT2D eigenvalue weighted by Crippen LogP contribution is 2.32. The van der Waals surface area contributed by atoms with Crippen molar-refractivity contribution in [2.75, 3.05) is 44.3 Å². The van der Waals surface area contributed by atoms with Crippen molar-refractivity contribution in [2.24, 2.45) is 0 Å². The Morgan fingerprint density at radius 2 is 1.31 bits per heavy atom. The molecule has 2 fully saturated rings. The maximum absolute atomic E-state index is 6.13. The van der Waals surface area contributed by atoms with Crippen molar-refractivity contribution in [2.45, 2.75) is 18.9 Å². The fraction of sp³-hybridized carbons (Fsp3) is 0.360. The Labute approximate surface area is 198 Å². The van der Waals surface area contributed by atoms with Crippen LogP contribution in [0, 0.1) is 0 Å². The van der Waals surface area contributed by atoms with Crippen LogP contribution in [0.5, 0.6) is 0 Å². The van der Waals surface area contributed by atoms with Crippen molar-refractivity contribution < 1.29 is 4.74 Å². The molecule has 0 atom stereocenters. The summed E-state index contributed by atoms with van der Waals surface area (Å²) in [7, 11) is 0. The first-order valence-electron chi connectivity index (χ1n) is 11.1. The molecule has 166 valence electrons. The van der Waals surface area contributed by atoms with Gasteiger partial charge in [-0.05, 0) is 37.1 Å². The second kappa shape index (κ2) is 9.75. The summed E-state index contributed by atoms with van der Waals surface area (Å²) in [6.45, 7) is 5.75. The highest BCUT2D eigenvalue weighted by molar-refractivity contribution is 6.31. The second-order valence-electron chi connectivity index (χ2n) is 8.31. The third-order valence-electron chi connectivity index (χ3n) is 6.35. The maximum atomic E-state index is 6.13. The molecule has 0 N–H and O–H groups in total. The van der Waals surface area contributed by atoms with Gasteiger partial charge < -0.3 is 9.64 Å². The molecule has 3 aromatic rings. The molecule has 2 saturated heterocycles. The van der Waals surface area contributed by atoms with E-state index in [2.05, 4.69) is 9.80 Å². The standard InChI is InChI=1S/C25H26Cl2N4O/c26-20-5-1-18(2-6-20)24-25(19-3-7-21(27)8-4-19)29-23(17-28-24)31-11-9-22(10-12-31)30-13-15-32-16-14-30/h1-8,17,22H,9-16H2. The van der Waals surface area contributed by atoms with Gasteiger partial charge in [-0.3, -0.25) is 9.88 Å². The van der Waals surface area contributed by atoms with Gasteiger partial charge in [-0.25, -0.2) is 4.98 Å². The molecule has 0 spiro atoms. The van der Waals surface area contributed by atoms with Crippen LogP contribution in [0.4, 0.5) is 5.82 Å². The van der Waals surface area contributed by atoms with Crippen LogP contribution in [0.3, 0.4) is 0 Å². The van der Waals surface area contributed by atoms with E-state index in [1.54, 1.807) is 0 Å². The zero-order valence-electron chi connectivity index (χ0n) is 17.9. The maximum Gasteiger partial charge on any atom is 0.147 e. The Morgan fingerprint density at radius 1 is 0.750 bits per heavy atom. The average Bonchev–Trinajstić information content (AvgIpc) is 2.85. The molecule has 1 aromatic heterocycles. The molecule has 7 heteroatoms. The number of aromatic nitrogens is 2. The van der Waals surface area contributed by atoms with Crippen molar-refractivity contribution in [1.29, 1.82) is 0 Å². The molecule has 2 aliphatic rings. The molecule has 0 bridgehead atoms. The smallest absolute Gasteiger partial charge is 0.147 e. The van der Waals surface area contributed by atoms with Gasteiger partial charge in [0.05, 0.1) is 30.8 Å². The van der Waals surface area contributed by atoms with Crippen molar-refractivity contribution >= 4 is 29.0 Å². The molecule has 5 nitrogen and oxygen atoms in total. The summed E-state index contributed by atoms with van der Waals surface area (Å²) in [5.41, 5.74) is 3.69. The molecular formula is C25H26Cl2N4O. The summed E-state index contributed by atoms with van der Waals surface area (Å²) >= 11 is 12.2. The molecular weight excluding hydrogens is 443 g/mol. The summed E-state index contributed by atoms with van der Waals surface area (Å²) in [5.74, 6) is 0.924. The highest BCUT2D eigenvalue weighted by atomic mass is 35.5. The lowest BCUT2D eigenvalue weighted by atomic mass is 10.0. The Morgan fingerprint density at radius 3 is 1.91 bits per heavy atom. The fourth-order valence-electron chi connectivity index (χ4n) is 4.56. The third-order valence-corrected chi connectivity index (χ3v) is 6.85. The fourth-order valence-corrected chi connectivity index (χ4v) is 4.81. The van der Waals surface area contributed by atoms with E-state index in [0.717, 1.165) is 80.6 Å². The molecule has 2 aromatic carbocycles. The van der Waals surface area contributed by atoms with Gasteiger partial charge in [0.2, 0.25) is 0 Å². The van der Waals surface area contributed by atoms with E-state index in [1.165, 1.54) is 0 Å². The first-order chi connectivity index (χ1) is 15.7. The zero-order chi connectivity index (χ0) is 21.9. The van der Waals surface area contributed by atoms with Crippen LogP contribution in [0.2, 0.25) is 10.0 Å². The molecule has 5 rings (SSSR count). The Kier molecular flexibility index (Phi) is 6.60. The summed E-state index contributed by atoms with van der Waals surface area (Å²) in [4.78, 5) is 14.9. The first kappa shape index (κ1) is 21.7. The number of piperidine rings is 1. The lowest BCUT2D eigenvalue weighted by molar-refractivity contribution is 0.0115. The van der Waals surface area contributed by atoms with E-state index in [-0.39, 0.29) is 0 Å². The van der Waals surface area contributed by atoms with Crippen LogP contribution in [-0.2, 0) is 4.74 Å². The van der Waals surface area contributed by atoms with E-state index < -0.39 is 0 Å². The van der Waals surface area contributed by atoms with Crippen molar-refractivity contribution in [1.82, 2.24) is 14.9 Å². The van der Waals surface area contributed by atoms with Crippen molar-refractivity contribution in [3.8, 4) is 22.5 Å². The van der Waals surface area contributed by atoms with Crippen molar-refractivity contribution in [3.05, 3.63) is 64.8 Å². The quantitative estimate of drug-likeness (QED) is 0.511. The minimum absolute atomic E-state index is 0.632. The minimum Gasteiger partial charge on any atom is -0.379 e. The predicted molar refractivity (Wildman–Crippen MR) is 131 cm³/mol. The molecule has 0 unspecified atom stereocenters. The number of nitrogens with zero attached hydrogens (tertiary/aromatic N) is 4. The monoisotopic (exact) mass is 468 g/mol. The number of morpholine rings is 1. The summed E-state index contributed by atoms with van der Waals surface area (Å²) in [6, 6.07) is 16.2. The van der Waals surface area contributed by atoms with Gasteiger partial charge in [-0.2, -0.15) is 0 Å². The van der Waals surface area contributed by atoms with Crippen molar-refractivity contribution in [3.63, 3.8) is 0 Å². The van der Waals surface area contributed by atoms with Crippen LogP contribution in [0.25, 0.3) is 22.5 Å². The number of hydrogen-bond donors (Lipinski definition) is 0. The lowest BCUT2D eigenvalue weighted by Crippen LogP contribution is -2.49. The topological polar surface area (TPSA) is 41.5 Å². The first-order valence-corrected chi connectivity index (χ1v) is 11.9. The van der Waals surface area contributed by atoms with Gasteiger partial charge in [0.15, 0.2) is 0 Å². The predicted octanol–water partition coefficient (Wildman–Crippen LogP) is 5.42. The van der Waals surface area contributed by atoms with Crippen LogP contribution in [0.15, 0.2) is 54.7 Å². The molecule has 0 saturated carbocycles. The Bertz CT molecular complexity index is 1040. The number of ether oxygens (including phenoxy) is 1. The highest BCUT2D eigenvalue weighted by Gasteiger charge is 2.27. The third kappa shape index (κ3) is 4.76. The summed E-state index contributed by atoms with van der Waals surface area (Å²) < 4.78 is 5.51. The van der Waals surface area contributed by atoms with Gasteiger partial charge in [-0.1, -0.05) is 47.5 Å². The molecule has 0 amide bonds. The average molecular weight is 469 g/mol. The largest absolute Gasteiger partial charge is 0.379 e. The summed E-state index contributed by atoms with van der Waals surface area (Å²) in [6.07, 6.45) is 4.17. The van der Waals surface area contributed by atoms with E-state index in [4.69, 9.17) is 37.9 Å². The van der Waals surface area contributed by atoms with Crippen LogP contribution < -0.4 is 4.90 Å². The van der Waals surface area contributed by atoms with E-state index in [0.29, 0.717) is 16.1 Å². The molecule has 0 radical (unpaired) electrons. The SMILES string of the molecule is Clc1ccc(-c2ncc(N3CCC(N4CCOCC4)CC3)nc2-c2ccc(Cl)cc2)cc1. The van der Waals surface area contributed by atoms with Gasteiger partial charge in [0.1, 0.15) is 5.82 Å². The van der Waals surface area contributed by atoms with E-state index >= 15 is 0 Å². The van der Waals surface area contributed by atoms with Crippen LogP contribution >= 0.6 is 23.2 Å². The zero-order valence-corrected chi connectivity index (χ0v) is 19.4. The van der Waals surface area contributed by atoms with Gasteiger partial charge in [0.25, 0.3) is 0 Å². The lowest BCUT2D eigenvalue weighted by Gasteiger charge is -2.40. The van der Waals surface area contributed by atoms with E-state index in [1.807, 2.05) is 54.7 Å². The molecule has 0 aliphatic carbocycles. The molecule has 3 heterocycles. The number of halogens is 2. The number of anilines is 1. The Hall–Kier alpha value is -2.18. The van der Waals surface area contributed by atoms with E-state index in [9.17, 15) is 0 Å². The molecule has 2 aliphatic heterocycles. The number of rotatable bonds is 4. The van der Waals surface area contributed by atoms with Gasteiger partial charge in [-0.15, -0.1) is 0 Å². The summed E-state index contributed by atoms with van der Waals surface area (Å²) in [5, 5.41) is 1.41. The van der Waals surface area contributed by atoms with Crippen LogP contribution in [-0.4, -0.2) is 60.3 Å². The number of benzene rings is 2. The normalized spacial score (nSPS) is 18.1. The van der Waals surface area contributed by atoms with Crippen LogP contribution in [0.1, 0.15) is 12.8 Å². The number of hydrogen-bond acceptors (Lipinski definition) is 5. The van der Waals surface area contributed by atoms with Gasteiger partial charge in [0, 0.05) is 53.4 Å². The minimum atomic E-state index is 0.632.